The molecule has 31 heavy (non-hydrogen) atoms. The summed E-state index contributed by atoms with van der Waals surface area (Å²) in [6.07, 6.45) is -0.212. The number of esters is 1. The lowest BCUT2D eigenvalue weighted by Gasteiger charge is -2.34. The van der Waals surface area contributed by atoms with Crippen molar-refractivity contribution in [3.63, 3.8) is 0 Å². The smallest absolute Gasteiger partial charge is 0.308 e. The first kappa shape index (κ1) is 22.1. The van der Waals surface area contributed by atoms with Gasteiger partial charge >= 0.3 is 5.97 Å². The van der Waals surface area contributed by atoms with Gasteiger partial charge in [-0.2, -0.15) is 0 Å². The normalized spacial score (nSPS) is 15.7. The molecule has 1 aliphatic heterocycles. The van der Waals surface area contributed by atoms with Gasteiger partial charge in [0, 0.05) is 18.7 Å². The molecule has 1 fully saturated rings. The van der Waals surface area contributed by atoms with Gasteiger partial charge in [-0.05, 0) is 36.3 Å². The second-order valence-electron chi connectivity index (χ2n) is 7.43. The molecule has 2 aromatic carbocycles. The molecule has 2 amide bonds. The minimum absolute atomic E-state index is 0.115. The Kier molecular flexibility index (Phi) is 7.43. The van der Waals surface area contributed by atoms with E-state index < -0.39 is 12.0 Å². The number of hydrogen-bond acceptors (Lipinski definition) is 5. The molecule has 1 saturated heterocycles. The Labute approximate surface area is 181 Å². The lowest BCUT2D eigenvalue weighted by Crippen LogP contribution is -2.57. The lowest BCUT2D eigenvalue weighted by molar-refractivity contribution is -0.148. The van der Waals surface area contributed by atoms with Gasteiger partial charge in [0.25, 0.3) is 5.91 Å². The summed E-state index contributed by atoms with van der Waals surface area (Å²) in [5.41, 5.74) is 2.10. The number of benzene rings is 2. The van der Waals surface area contributed by atoms with Crippen molar-refractivity contribution in [2.24, 2.45) is 0 Å². The number of carbonyl (C=O) groups excluding carboxylic acids is 3. The Hall–Kier alpha value is -3.61. The van der Waals surface area contributed by atoms with Gasteiger partial charge in [0.05, 0.1) is 6.42 Å². The first-order chi connectivity index (χ1) is 14.9. The maximum atomic E-state index is 13.1. The Balaban J connectivity index is 1.67. The largest absolute Gasteiger partial charge is 0.489 e. The molecule has 1 aliphatic rings. The van der Waals surface area contributed by atoms with Gasteiger partial charge in [-0.3, -0.25) is 14.4 Å². The molecular formula is C24H26N2O5. The van der Waals surface area contributed by atoms with Gasteiger partial charge < -0.3 is 19.7 Å². The SMILES string of the molecule is C=C(C)COc1cccc(C(=O)N2CCNC(=O)C2CC(=O)OCc2ccccc2)c1. The number of carbonyl (C=O) groups is 3. The second kappa shape index (κ2) is 10.4. The summed E-state index contributed by atoms with van der Waals surface area (Å²) >= 11 is 0. The van der Waals surface area contributed by atoms with Crippen LogP contribution in [0.1, 0.15) is 29.3 Å². The summed E-state index contributed by atoms with van der Waals surface area (Å²) in [4.78, 5) is 39.4. The van der Waals surface area contributed by atoms with E-state index in [-0.39, 0.29) is 24.8 Å². The van der Waals surface area contributed by atoms with E-state index in [1.165, 1.54) is 4.90 Å². The number of amides is 2. The molecule has 1 unspecified atom stereocenters. The summed E-state index contributed by atoms with van der Waals surface area (Å²) in [5.74, 6) is -0.709. The van der Waals surface area contributed by atoms with Crippen LogP contribution < -0.4 is 10.1 Å². The molecule has 162 valence electrons. The first-order valence-electron chi connectivity index (χ1n) is 10.1. The van der Waals surface area contributed by atoms with E-state index in [4.69, 9.17) is 9.47 Å². The molecule has 1 heterocycles. The van der Waals surface area contributed by atoms with Gasteiger partial charge in [-0.25, -0.2) is 0 Å². The molecule has 2 aromatic rings. The molecular weight excluding hydrogens is 396 g/mol. The number of ether oxygens (including phenoxy) is 2. The van der Waals surface area contributed by atoms with Crippen LogP contribution in [0.5, 0.6) is 5.75 Å². The van der Waals surface area contributed by atoms with Crippen molar-refractivity contribution in [3.8, 4) is 5.75 Å². The van der Waals surface area contributed by atoms with E-state index >= 15 is 0 Å². The number of rotatable bonds is 8. The van der Waals surface area contributed by atoms with Crippen molar-refractivity contribution in [2.75, 3.05) is 19.7 Å². The summed E-state index contributed by atoms with van der Waals surface area (Å²) in [6.45, 7) is 6.73. The van der Waals surface area contributed by atoms with Crippen molar-refractivity contribution in [2.45, 2.75) is 26.0 Å². The van der Waals surface area contributed by atoms with E-state index in [0.717, 1.165) is 11.1 Å². The minimum Gasteiger partial charge on any atom is -0.489 e. The quantitative estimate of drug-likeness (QED) is 0.522. The molecule has 0 radical (unpaired) electrons. The Bertz CT molecular complexity index is 957. The van der Waals surface area contributed by atoms with Gasteiger partial charge in [-0.1, -0.05) is 43.0 Å². The lowest BCUT2D eigenvalue weighted by atomic mass is 10.1. The third-order valence-electron chi connectivity index (χ3n) is 4.76. The number of nitrogens with one attached hydrogen (secondary N) is 1. The highest BCUT2D eigenvalue weighted by Crippen LogP contribution is 2.19. The average Bonchev–Trinajstić information content (AvgIpc) is 2.78. The zero-order valence-electron chi connectivity index (χ0n) is 17.5. The highest BCUT2D eigenvalue weighted by molar-refractivity contribution is 5.99. The Morgan fingerprint density at radius 3 is 2.68 bits per heavy atom. The molecule has 0 aromatic heterocycles. The Morgan fingerprint density at radius 1 is 1.16 bits per heavy atom. The molecule has 7 heteroatoms. The maximum Gasteiger partial charge on any atom is 0.308 e. The van der Waals surface area contributed by atoms with Crippen LogP contribution in [-0.2, 0) is 20.9 Å². The van der Waals surface area contributed by atoms with Crippen LogP contribution in [0, 0.1) is 0 Å². The van der Waals surface area contributed by atoms with Crippen LogP contribution in [-0.4, -0.2) is 48.4 Å². The molecule has 0 saturated carbocycles. The fourth-order valence-corrected chi connectivity index (χ4v) is 3.21. The van der Waals surface area contributed by atoms with Gasteiger partial charge in [0.15, 0.2) is 0 Å². The van der Waals surface area contributed by atoms with E-state index in [1.807, 2.05) is 37.3 Å². The maximum absolute atomic E-state index is 13.1. The van der Waals surface area contributed by atoms with Crippen molar-refractivity contribution < 1.29 is 23.9 Å². The third kappa shape index (κ3) is 6.18. The zero-order chi connectivity index (χ0) is 22.2. The number of nitrogens with zero attached hydrogens (tertiary/aromatic N) is 1. The highest BCUT2D eigenvalue weighted by atomic mass is 16.5. The van der Waals surface area contributed by atoms with Gasteiger partial charge in [-0.15, -0.1) is 0 Å². The van der Waals surface area contributed by atoms with E-state index in [0.29, 0.717) is 31.0 Å². The summed E-state index contributed by atoms with van der Waals surface area (Å²) in [5, 5.41) is 2.72. The van der Waals surface area contributed by atoms with Crippen molar-refractivity contribution in [3.05, 3.63) is 77.9 Å². The Morgan fingerprint density at radius 2 is 1.94 bits per heavy atom. The highest BCUT2D eigenvalue weighted by Gasteiger charge is 2.35. The average molecular weight is 422 g/mol. The van der Waals surface area contributed by atoms with Crippen molar-refractivity contribution >= 4 is 17.8 Å². The first-order valence-corrected chi connectivity index (χ1v) is 10.1. The number of hydrogen-bond donors (Lipinski definition) is 1. The van der Waals surface area contributed by atoms with E-state index in [2.05, 4.69) is 11.9 Å². The van der Waals surface area contributed by atoms with Crippen LogP contribution in [0.2, 0.25) is 0 Å². The van der Waals surface area contributed by atoms with Gasteiger partial charge in [0.1, 0.15) is 25.0 Å². The summed E-state index contributed by atoms with van der Waals surface area (Å²) < 4.78 is 10.9. The predicted molar refractivity (Wildman–Crippen MR) is 115 cm³/mol. The number of piperazine rings is 1. The summed E-state index contributed by atoms with van der Waals surface area (Å²) in [6, 6.07) is 15.1. The van der Waals surface area contributed by atoms with Gasteiger partial charge in [0.2, 0.25) is 5.91 Å². The molecule has 0 spiro atoms. The topological polar surface area (TPSA) is 84.9 Å². The van der Waals surface area contributed by atoms with Crippen molar-refractivity contribution in [1.82, 2.24) is 10.2 Å². The molecule has 0 bridgehead atoms. The molecule has 1 atom stereocenters. The van der Waals surface area contributed by atoms with E-state index in [1.54, 1.807) is 24.3 Å². The monoisotopic (exact) mass is 422 g/mol. The van der Waals surface area contributed by atoms with Crippen molar-refractivity contribution in [1.29, 1.82) is 0 Å². The van der Waals surface area contributed by atoms with Crippen LogP contribution >= 0.6 is 0 Å². The standard InChI is InChI=1S/C24H26N2O5/c1-17(2)15-30-20-10-6-9-19(13-20)24(29)26-12-11-25-23(28)21(26)14-22(27)31-16-18-7-4-3-5-8-18/h3-10,13,21H,1,11-12,14-16H2,2H3,(H,25,28). The molecule has 0 aliphatic carbocycles. The third-order valence-corrected chi connectivity index (χ3v) is 4.76. The zero-order valence-corrected chi connectivity index (χ0v) is 17.5. The fraction of sp³-hybridized carbons (Fsp3) is 0.292. The second-order valence-corrected chi connectivity index (χ2v) is 7.43. The van der Waals surface area contributed by atoms with E-state index in [9.17, 15) is 14.4 Å². The van der Waals surface area contributed by atoms with Crippen LogP contribution in [0.15, 0.2) is 66.7 Å². The fourth-order valence-electron chi connectivity index (χ4n) is 3.21. The predicted octanol–water partition coefficient (Wildman–Crippen LogP) is 2.72. The molecule has 3 rings (SSSR count). The van der Waals surface area contributed by atoms with Crippen LogP contribution in [0.3, 0.4) is 0 Å². The minimum atomic E-state index is -0.926. The summed E-state index contributed by atoms with van der Waals surface area (Å²) in [7, 11) is 0. The molecule has 7 nitrogen and oxygen atoms in total. The van der Waals surface area contributed by atoms with Crippen LogP contribution in [0.4, 0.5) is 0 Å². The van der Waals surface area contributed by atoms with Crippen LogP contribution in [0.25, 0.3) is 0 Å². The molecule has 1 N–H and O–H groups in total.